The predicted molar refractivity (Wildman–Crippen MR) is 122 cm³/mol. The normalized spacial score (nSPS) is 22.2. The molecule has 6 heteroatoms. The van der Waals surface area contributed by atoms with E-state index in [1.165, 1.54) is 10.5 Å². The molecule has 2 atom stereocenters. The third-order valence-corrected chi connectivity index (χ3v) is 7.31. The molecule has 0 aromatic heterocycles. The first-order chi connectivity index (χ1) is 15.0. The van der Waals surface area contributed by atoms with Crippen molar-refractivity contribution in [2.45, 2.75) is 22.1 Å². The molecule has 1 spiro atoms. The minimum absolute atomic E-state index is 0.0912. The molecule has 0 fully saturated rings. The summed E-state index contributed by atoms with van der Waals surface area (Å²) in [5, 5.41) is 9.35. The minimum Gasteiger partial charge on any atom is -0.369 e. The van der Waals surface area contributed by atoms with E-state index < -0.39 is 5.54 Å². The number of hydrogen-bond acceptors (Lipinski definition) is 5. The van der Waals surface area contributed by atoms with Crippen molar-refractivity contribution >= 4 is 23.6 Å². The highest BCUT2D eigenvalue weighted by Gasteiger charge is 2.53. The maximum absolute atomic E-state index is 13.5. The molecule has 31 heavy (non-hydrogen) atoms. The summed E-state index contributed by atoms with van der Waals surface area (Å²) in [5.41, 5.74) is 9.60. The van der Waals surface area contributed by atoms with Gasteiger partial charge in [0.15, 0.2) is 11.5 Å². The molecule has 1 amide bonds. The molecular weight excluding hydrogens is 404 g/mol. The number of aliphatic imine (C=N–C) groups is 1. The highest BCUT2D eigenvalue weighted by Crippen LogP contribution is 2.55. The van der Waals surface area contributed by atoms with Gasteiger partial charge in [0, 0.05) is 29.2 Å². The van der Waals surface area contributed by atoms with E-state index in [1.54, 1.807) is 24.9 Å². The molecule has 0 saturated heterocycles. The fourth-order valence-corrected chi connectivity index (χ4v) is 5.76. The Morgan fingerprint density at radius 2 is 1.87 bits per heavy atom. The summed E-state index contributed by atoms with van der Waals surface area (Å²) in [6, 6.07) is 26.0. The monoisotopic (exact) mass is 424 g/mol. The zero-order valence-corrected chi connectivity index (χ0v) is 17.8. The van der Waals surface area contributed by atoms with Gasteiger partial charge in [0.05, 0.1) is 11.6 Å². The van der Waals surface area contributed by atoms with Crippen LogP contribution in [0.25, 0.3) is 11.1 Å². The molecule has 0 saturated carbocycles. The second-order valence-electron chi connectivity index (χ2n) is 7.82. The number of benzene rings is 3. The number of nitrogens with zero attached hydrogens (tertiary/aromatic N) is 3. The van der Waals surface area contributed by atoms with Crippen LogP contribution < -0.4 is 5.73 Å². The van der Waals surface area contributed by atoms with Crippen molar-refractivity contribution in [3.8, 4) is 17.2 Å². The van der Waals surface area contributed by atoms with Crippen molar-refractivity contribution < 1.29 is 4.79 Å². The van der Waals surface area contributed by atoms with Gasteiger partial charge < -0.3 is 5.73 Å². The predicted octanol–water partition coefficient (Wildman–Crippen LogP) is 4.44. The van der Waals surface area contributed by atoms with E-state index in [-0.39, 0.29) is 17.1 Å². The van der Waals surface area contributed by atoms with Gasteiger partial charge in [-0.3, -0.25) is 9.69 Å². The molecule has 3 aromatic carbocycles. The lowest BCUT2D eigenvalue weighted by Gasteiger charge is -2.36. The summed E-state index contributed by atoms with van der Waals surface area (Å²) >= 11 is 1.75. The number of carbonyl (C=O) groups is 1. The van der Waals surface area contributed by atoms with Crippen LogP contribution in [0.3, 0.4) is 0 Å². The molecule has 5 rings (SSSR count). The standard InChI is InChI=1S/C25H20N4OS/c1-29-23(30)25(28-24(29)27)14-22(17-7-3-2-4-8-17)31-21-11-10-19(13-20(21)25)18-9-5-6-16(12-18)15-26/h2-13,22H,14H2,1H3,(H2,27,28). The van der Waals surface area contributed by atoms with Crippen LogP contribution in [0.5, 0.6) is 0 Å². The molecule has 0 bridgehead atoms. The van der Waals surface area contributed by atoms with Crippen LogP contribution in [0.15, 0.2) is 82.7 Å². The van der Waals surface area contributed by atoms with Gasteiger partial charge in [-0.05, 0) is 41.0 Å². The van der Waals surface area contributed by atoms with Crippen LogP contribution in [-0.2, 0) is 10.3 Å². The van der Waals surface area contributed by atoms with Crippen LogP contribution >= 0.6 is 11.8 Å². The Kier molecular flexibility index (Phi) is 4.57. The summed E-state index contributed by atoms with van der Waals surface area (Å²) in [4.78, 5) is 20.7. The lowest BCUT2D eigenvalue weighted by molar-refractivity contribution is -0.131. The van der Waals surface area contributed by atoms with Crippen molar-refractivity contribution in [2.75, 3.05) is 7.05 Å². The molecular formula is C25H20N4OS. The van der Waals surface area contributed by atoms with E-state index in [1.807, 2.05) is 48.5 Å². The van der Waals surface area contributed by atoms with Crippen LogP contribution in [0.1, 0.15) is 28.4 Å². The lowest BCUT2D eigenvalue weighted by atomic mass is 9.82. The van der Waals surface area contributed by atoms with Crippen molar-refractivity contribution in [2.24, 2.45) is 10.7 Å². The molecule has 2 aliphatic heterocycles. The van der Waals surface area contributed by atoms with Gasteiger partial charge >= 0.3 is 0 Å². The zero-order chi connectivity index (χ0) is 21.6. The third kappa shape index (κ3) is 3.09. The Morgan fingerprint density at radius 1 is 1.10 bits per heavy atom. The van der Waals surface area contributed by atoms with Gasteiger partial charge in [-0.25, -0.2) is 4.99 Å². The largest absolute Gasteiger partial charge is 0.369 e. The van der Waals surface area contributed by atoms with Crippen molar-refractivity contribution in [1.29, 1.82) is 5.26 Å². The summed E-state index contributed by atoms with van der Waals surface area (Å²) in [5.74, 6) is 0.141. The number of carbonyl (C=O) groups excluding carboxylic acids is 1. The Hall–Kier alpha value is -3.56. The second kappa shape index (κ2) is 7.29. The number of thioether (sulfide) groups is 1. The number of amides is 1. The van der Waals surface area contributed by atoms with E-state index in [0.717, 1.165) is 21.6 Å². The van der Waals surface area contributed by atoms with Crippen molar-refractivity contribution in [3.63, 3.8) is 0 Å². The van der Waals surface area contributed by atoms with Crippen LogP contribution in [0.2, 0.25) is 0 Å². The molecule has 5 nitrogen and oxygen atoms in total. The molecule has 3 aromatic rings. The van der Waals surface area contributed by atoms with Crippen LogP contribution in [0, 0.1) is 11.3 Å². The van der Waals surface area contributed by atoms with E-state index in [4.69, 9.17) is 10.7 Å². The van der Waals surface area contributed by atoms with Gasteiger partial charge in [-0.1, -0.05) is 48.5 Å². The highest BCUT2D eigenvalue weighted by atomic mass is 32.2. The van der Waals surface area contributed by atoms with Gasteiger partial charge in [0.25, 0.3) is 5.91 Å². The maximum atomic E-state index is 13.5. The smallest absolute Gasteiger partial charge is 0.261 e. The van der Waals surface area contributed by atoms with E-state index in [9.17, 15) is 10.1 Å². The fourth-order valence-electron chi connectivity index (χ4n) is 4.34. The molecule has 2 N–H and O–H groups in total. The molecule has 0 radical (unpaired) electrons. The van der Waals surface area contributed by atoms with E-state index >= 15 is 0 Å². The molecule has 2 aliphatic rings. The number of hydrogen-bond donors (Lipinski definition) is 1. The average molecular weight is 425 g/mol. The van der Waals surface area contributed by atoms with Gasteiger partial charge in [0.1, 0.15) is 0 Å². The number of rotatable bonds is 2. The Labute approximate surface area is 185 Å². The number of nitriles is 1. The first-order valence-electron chi connectivity index (χ1n) is 10.0. The van der Waals surface area contributed by atoms with Gasteiger partial charge in [0.2, 0.25) is 0 Å². The highest BCUT2D eigenvalue weighted by molar-refractivity contribution is 7.99. The summed E-state index contributed by atoms with van der Waals surface area (Å²) in [6.45, 7) is 0. The minimum atomic E-state index is -1.04. The molecule has 0 aliphatic carbocycles. The Balaban J connectivity index is 1.68. The number of fused-ring (bicyclic) bond motifs is 2. The summed E-state index contributed by atoms with van der Waals surface area (Å²) in [7, 11) is 1.68. The number of guanidine groups is 1. The molecule has 152 valence electrons. The topological polar surface area (TPSA) is 82.5 Å². The number of nitrogens with two attached hydrogens (primary N) is 1. The maximum Gasteiger partial charge on any atom is 0.261 e. The van der Waals surface area contributed by atoms with Crippen molar-refractivity contribution in [1.82, 2.24) is 4.90 Å². The molecule has 2 unspecified atom stereocenters. The summed E-state index contributed by atoms with van der Waals surface area (Å²) in [6.07, 6.45) is 0.542. The third-order valence-electron chi connectivity index (χ3n) is 5.98. The zero-order valence-electron chi connectivity index (χ0n) is 16.9. The Morgan fingerprint density at radius 3 is 2.58 bits per heavy atom. The first kappa shape index (κ1) is 19.4. The van der Waals surface area contributed by atoms with Gasteiger partial charge in [-0.2, -0.15) is 5.26 Å². The van der Waals surface area contributed by atoms with Crippen LogP contribution in [-0.4, -0.2) is 23.8 Å². The number of likely N-dealkylation sites (N-methyl/N-ethyl adjacent to an activating group) is 1. The van der Waals surface area contributed by atoms with Crippen LogP contribution in [0.4, 0.5) is 0 Å². The summed E-state index contributed by atoms with van der Waals surface area (Å²) < 4.78 is 0. The average Bonchev–Trinajstić information content (AvgIpc) is 3.03. The second-order valence-corrected chi connectivity index (χ2v) is 9.06. The van der Waals surface area contributed by atoms with E-state index in [2.05, 4.69) is 24.3 Å². The Bertz CT molecular complexity index is 1260. The van der Waals surface area contributed by atoms with E-state index in [0.29, 0.717) is 12.0 Å². The molecule has 2 heterocycles. The lowest BCUT2D eigenvalue weighted by Crippen LogP contribution is -2.42. The fraction of sp³-hybridized carbons (Fsp3) is 0.160. The first-order valence-corrected chi connectivity index (χ1v) is 10.9. The SMILES string of the molecule is CN1C(=O)C2(CC(c3ccccc3)Sc3ccc(-c4cccc(C#N)c4)cc32)N=C1N. The van der Waals surface area contributed by atoms with Crippen molar-refractivity contribution in [3.05, 3.63) is 89.5 Å². The van der Waals surface area contributed by atoms with Gasteiger partial charge in [-0.15, -0.1) is 11.8 Å². The quantitative estimate of drug-likeness (QED) is 0.659.